The van der Waals surface area contributed by atoms with Gasteiger partial charge in [-0.05, 0) is 27.3 Å². The normalized spacial score (nSPS) is 11.1. The van der Waals surface area contributed by atoms with E-state index in [2.05, 4.69) is 10.1 Å². The van der Waals surface area contributed by atoms with Crippen LogP contribution in [0.3, 0.4) is 0 Å². The zero-order valence-electron chi connectivity index (χ0n) is 10.8. The molecule has 0 aliphatic heterocycles. The first-order chi connectivity index (χ1) is 7.38. The first-order valence-electron chi connectivity index (χ1n) is 5.44. The Bertz CT molecular complexity index is 252. The average molecular weight is 230 g/mol. The molecule has 0 atom stereocenters. The second-order valence-corrected chi connectivity index (χ2v) is 4.18. The van der Waals surface area contributed by atoms with E-state index in [0.717, 1.165) is 6.42 Å². The maximum absolute atomic E-state index is 12.1. The van der Waals surface area contributed by atoms with Gasteiger partial charge in [-0.15, -0.1) is 0 Å². The lowest BCUT2D eigenvalue weighted by Gasteiger charge is -2.30. The number of amides is 1. The van der Waals surface area contributed by atoms with Crippen molar-refractivity contribution in [3.05, 3.63) is 0 Å². The molecule has 0 saturated carbocycles. The number of carbonyl (C=O) groups excluding carboxylic acids is 2. The molecule has 0 aromatic rings. The molecule has 94 valence electrons. The molecular weight excluding hydrogens is 208 g/mol. The van der Waals surface area contributed by atoms with Gasteiger partial charge in [0.25, 0.3) is 0 Å². The average Bonchev–Trinajstić information content (AvgIpc) is 2.27. The van der Waals surface area contributed by atoms with Crippen LogP contribution in [-0.2, 0) is 14.3 Å². The van der Waals surface area contributed by atoms with Gasteiger partial charge < -0.3 is 15.0 Å². The second-order valence-electron chi connectivity index (χ2n) is 4.18. The monoisotopic (exact) mass is 230 g/mol. The van der Waals surface area contributed by atoms with E-state index in [1.165, 1.54) is 12.0 Å². The van der Waals surface area contributed by atoms with Crippen molar-refractivity contribution in [2.24, 2.45) is 0 Å². The Morgan fingerprint density at radius 1 is 1.38 bits per heavy atom. The SMILES string of the molecule is CCCN(CC(=O)OC)C(=O)C(C)(C)NC. The van der Waals surface area contributed by atoms with Crippen LogP contribution in [0.2, 0.25) is 0 Å². The minimum atomic E-state index is -0.664. The molecule has 5 nitrogen and oxygen atoms in total. The zero-order valence-corrected chi connectivity index (χ0v) is 10.8. The van der Waals surface area contributed by atoms with Crippen molar-refractivity contribution in [3.63, 3.8) is 0 Å². The number of rotatable bonds is 6. The van der Waals surface area contributed by atoms with Crippen LogP contribution in [0.25, 0.3) is 0 Å². The Hall–Kier alpha value is -1.10. The van der Waals surface area contributed by atoms with Gasteiger partial charge in [-0.2, -0.15) is 0 Å². The molecule has 0 saturated heterocycles. The summed E-state index contributed by atoms with van der Waals surface area (Å²) in [4.78, 5) is 24.8. The third-order valence-corrected chi connectivity index (χ3v) is 2.49. The van der Waals surface area contributed by atoms with Gasteiger partial charge in [-0.25, -0.2) is 0 Å². The van der Waals surface area contributed by atoms with Crippen molar-refractivity contribution in [1.82, 2.24) is 10.2 Å². The molecule has 1 amide bonds. The molecule has 5 heteroatoms. The quantitative estimate of drug-likeness (QED) is 0.671. The Morgan fingerprint density at radius 3 is 2.31 bits per heavy atom. The van der Waals surface area contributed by atoms with Crippen molar-refractivity contribution in [2.45, 2.75) is 32.7 Å². The van der Waals surface area contributed by atoms with E-state index in [0.29, 0.717) is 6.54 Å². The minimum absolute atomic E-state index is 0.00822. The summed E-state index contributed by atoms with van der Waals surface area (Å²) in [6, 6.07) is 0. The molecule has 0 heterocycles. The first kappa shape index (κ1) is 14.9. The fourth-order valence-electron chi connectivity index (χ4n) is 1.24. The smallest absolute Gasteiger partial charge is 0.325 e. The fraction of sp³-hybridized carbons (Fsp3) is 0.818. The summed E-state index contributed by atoms with van der Waals surface area (Å²) in [5, 5.41) is 2.93. The number of methoxy groups -OCH3 is 1. The lowest BCUT2D eigenvalue weighted by Crippen LogP contribution is -2.54. The van der Waals surface area contributed by atoms with E-state index in [9.17, 15) is 9.59 Å². The van der Waals surface area contributed by atoms with Crippen LogP contribution in [-0.4, -0.2) is 49.6 Å². The van der Waals surface area contributed by atoms with Gasteiger partial charge in [0.2, 0.25) is 5.91 Å². The first-order valence-corrected chi connectivity index (χ1v) is 5.44. The van der Waals surface area contributed by atoms with Crippen LogP contribution in [0, 0.1) is 0 Å². The Balaban J connectivity index is 4.64. The lowest BCUT2D eigenvalue weighted by atomic mass is 10.0. The van der Waals surface area contributed by atoms with Crippen LogP contribution in [0.1, 0.15) is 27.2 Å². The molecule has 0 spiro atoms. The van der Waals surface area contributed by atoms with Crippen LogP contribution >= 0.6 is 0 Å². The predicted octanol–water partition coefficient (Wildman–Crippen LogP) is 0.396. The predicted molar refractivity (Wildman–Crippen MR) is 62.0 cm³/mol. The highest BCUT2D eigenvalue weighted by molar-refractivity contribution is 5.88. The Labute approximate surface area is 97.1 Å². The second kappa shape index (κ2) is 6.48. The van der Waals surface area contributed by atoms with Gasteiger partial charge in [0, 0.05) is 6.54 Å². The molecule has 0 radical (unpaired) electrons. The molecule has 0 aliphatic rings. The third kappa shape index (κ3) is 4.18. The number of carbonyl (C=O) groups is 2. The summed E-state index contributed by atoms with van der Waals surface area (Å²) in [7, 11) is 3.04. The van der Waals surface area contributed by atoms with Gasteiger partial charge in [0.1, 0.15) is 6.54 Å². The van der Waals surface area contributed by atoms with E-state index in [1.54, 1.807) is 20.9 Å². The summed E-state index contributed by atoms with van der Waals surface area (Å²) in [6.07, 6.45) is 0.808. The molecular formula is C11H22N2O3. The highest BCUT2D eigenvalue weighted by atomic mass is 16.5. The summed E-state index contributed by atoms with van der Waals surface area (Å²) in [6.45, 7) is 6.10. The number of likely N-dealkylation sites (N-methyl/N-ethyl adjacent to an activating group) is 1. The molecule has 1 N–H and O–H groups in total. The molecule has 0 fully saturated rings. The van der Waals surface area contributed by atoms with Crippen molar-refractivity contribution in [2.75, 3.05) is 27.2 Å². The largest absolute Gasteiger partial charge is 0.468 e. The number of ether oxygens (including phenoxy) is 1. The molecule has 0 unspecified atom stereocenters. The molecule has 0 aromatic carbocycles. The number of esters is 1. The number of hydrogen-bond acceptors (Lipinski definition) is 4. The standard InChI is InChI=1S/C11H22N2O3/c1-6-7-13(8-9(14)16-5)10(15)11(2,3)12-4/h12H,6-8H2,1-5H3. The topological polar surface area (TPSA) is 58.6 Å². The van der Waals surface area contributed by atoms with Crippen LogP contribution in [0.4, 0.5) is 0 Å². The van der Waals surface area contributed by atoms with Crippen molar-refractivity contribution >= 4 is 11.9 Å². The van der Waals surface area contributed by atoms with Gasteiger partial charge in [-0.1, -0.05) is 6.92 Å². The Morgan fingerprint density at radius 2 is 1.94 bits per heavy atom. The number of nitrogens with zero attached hydrogens (tertiary/aromatic N) is 1. The van der Waals surface area contributed by atoms with Crippen molar-refractivity contribution in [1.29, 1.82) is 0 Å². The zero-order chi connectivity index (χ0) is 12.8. The van der Waals surface area contributed by atoms with Gasteiger partial charge >= 0.3 is 5.97 Å². The van der Waals surface area contributed by atoms with Crippen LogP contribution < -0.4 is 5.32 Å². The highest BCUT2D eigenvalue weighted by Gasteiger charge is 2.30. The van der Waals surface area contributed by atoms with Crippen LogP contribution in [0.5, 0.6) is 0 Å². The third-order valence-electron chi connectivity index (χ3n) is 2.49. The Kier molecular flexibility index (Phi) is 6.03. The van der Waals surface area contributed by atoms with Gasteiger partial charge in [0.05, 0.1) is 12.6 Å². The summed E-state index contributed by atoms with van der Waals surface area (Å²) in [5.41, 5.74) is -0.664. The maximum Gasteiger partial charge on any atom is 0.325 e. The van der Waals surface area contributed by atoms with E-state index in [4.69, 9.17) is 0 Å². The van der Waals surface area contributed by atoms with Gasteiger partial charge in [-0.3, -0.25) is 9.59 Å². The minimum Gasteiger partial charge on any atom is -0.468 e. The maximum atomic E-state index is 12.1. The summed E-state index contributed by atoms with van der Waals surface area (Å²) < 4.78 is 4.57. The van der Waals surface area contributed by atoms with E-state index in [-0.39, 0.29) is 12.5 Å². The fourth-order valence-corrected chi connectivity index (χ4v) is 1.24. The lowest BCUT2D eigenvalue weighted by molar-refractivity contribution is -0.149. The van der Waals surface area contributed by atoms with Crippen molar-refractivity contribution in [3.8, 4) is 0 Å². The van der Waals surface area contributed by atoms with E-state index in [1.807, 2.05) is 6.92 Å². The molecule has 0 aromatic heterocycles. The van der Waals surface area contributed by atoms with Gasteiger partial charge in [0.15, 0.2) is 0 Å². The molecule has 0 rings (SSSR count). The van der Waals surface area contributed by atoms with E-state index < -0.39 is 11.5 Å². The highest BCUT2D eigenvalue weighted by Crippen LogP contribution is 2.08. The summed E-state index contributed by atoms with van der Waals surface area (Å²) >= 11 is 0. The molecule has 0 bridgehead atoms. The molecule has 0 aliphatic carbocycles. The van der Waals surface area contributed by atoms with Crippen LogP contribution in [0.15, 0.2) is 0 Å². The van der Waals surface area contributed by atoms with E-state index >= 15 is 0 Å². The summed E-state index contributed by atoms with van der Waals surface area (Å²) in [5.74, 6) is -0.490. The number of hydrogen-bond donors (Lipinski definition) is 1. The number of nitrogens with one attached hydrogen (secondary N) is 1. The molecule has 16 heavy (non-hydrogen) atoms. The van der Waals surface area contributed by atoms with Crippen molar-refractivity contribution < 1.29 is 14.3 Å².